The zero-order valence-electron chi connectivity index (χ0n) is 15.2. The summed E-state index contributed by atoms with van der Waals surface area (Å²) in [4.78, 5) is 16.5. The van der Waals surface area contributed by atoms with Gasteiger partial charge in [0.05, 0.1) is 6.04 Å². The van der Waals surface area contributed by atoms with Crippen LogP contribution < -0.4 is 10.2 Å². The van der Waals surface area contributed by atoms with Crippen molar-refractivity contribution in [3.63, 3.8) is 0 Å². The van der Waals surface area contributed by atoms with Crippen molar-refractivity contribution in [1.29, 1.82) is 0 Å². The maximum absolute atomic E-state index is 12.3. The first-order valence-corrected chi connectivity index (χ1v) is 8.17. The average molecular weight is 325 g/mol. The van der Waals surface area contributed by atoms with Gasteiger partial charge < -0.3 is 15.1 Å². The minimum atomic E-state index is -0.0354. The Kier molecular flexibility index (Phi) is 5.99. The second kappa shape index (κ2) is 7.97. The number of carbonyl (C=O) groups excluding carboxylic acids is 1. The minimum Gasteiger partial charge on any atom is -0.378 e. The Hall–Kier alpha value is -2.33. The van der Waals surface area contributed by atoms with Crippen LogP contribution in [-0.4, -0.2) is 45.5 Å². The van der Waals surface area contributed by atoms with Crippen molar-refractivity contribution < 1.29 is 4.79 Å². The first kappa shape index (κ1) is 18.0. The predicted molar refractivity (Wildman–Crippen MR) is 101 cm³/mol. The van der Waals surface area contributed by atoms with Crippen molar-refractivity contribution in [1.82, 2.24) is 10.2 Å². The van der Waals surface area contributed by atoms with Crippen LogP contribution in [0, 0.1) is 6.92 Å². The molecule has 4 heteroatoms. The standard InChI is InChI=1S/C20H27N3O/c1-15-6-8-17(9-7-15)20(24)21-14-19(23(4)5)16-10-12-18(13-11-16)22(2)3/h6-13,19H,14H2,1-5H3,(H,21,24)/t19-/m1/s1. The summed E-state index contributed by atoms with van der Waals surface area (Å²) in [6, 6.07) is 16.2. The van der Waals surface area contributed by atoms with E-state index in [1.165, 1.54) is 11.3 Å². The number of benzene rings is 2. The van der Waals surface area contributed by atoms with Gasteiger partial charge in [0.2, 0.25) is 0 Å². The van der Waals surface area contributed by atoms with Gasteiger partial charge in [-0.3, -0.25) is 4.79 Å². The molecule has 0 bridgehead atoms. The van der Waals surface area contributed by atoms with Crippen molar-refractivity contribution in [2.24, 2.45) is 0 Å². The Balaban J connectivity index is 2.05. The lowest BCUT2D eigenvalue weighted by Crippen LogP contribution is -2.34. The topological polar surface area (TPSA) is 35.6 Å². The molecule has 0 heterocycles. The molecule has 2 aromatic rings. The Morgan fingerprint density at radius 2 is 1.54 bits per heavy atom. The molecular weight excluding hydrogens is 298 g/mol. The molecule has 0 unspecified atom stereocenters. The van der Waals surface area contributed by atoms with E-state index in [0.717, 1.165) is 5.56 Å². The number of hydrogen-bond acceptors (Lipinski definition) is 3. The average Bonchev–Trinajstić information content (AvgIpc) is 2.55. The van der Waals surface area contributed by atoms with E-state index in [9.17, 15) is 4.79 Å². The summed E-state index contributed by atoms with van der Waals surface area (Å²) < 4.78 is 0. The van der Waals surface area contributed by atoms with Crippen molar-refractivity contribution in [3.8, 4) is 0 Å². The molecule has 0 radical (unpaired) electrons. The molecule has 1 amide bonds. The number of hydrogen-bond donors (Lipinski definition) is 1. The highest BCUT2D eigenvalue weighted by Crippen LogP contribution is 2.21. The normalized spacial score (nSPS) is 12.1. The van der Waals surface area contributed by atoms with Crippen molar-refractivity contribution in [3.05, 3.63) is 65.2 Å². The second-order valence-corrected chi connectivity index (χ2v) is 6.54. The van der Waals surface area contributed by atoms with E-state index in [1.807, 2.05) is 59.4 Å². The maximum atomic E-state index is 12.3. The second-order valence-electron chi connectivity index (χ2n) is 6.54. The van der Waals surface area contributed by atoms with Crippen LogP contribution in [-0.2, 0) is 0 Å². The molecule has 0 aliphatic heterocycles. The van der Waals surface area contributed by atoms with Gasteiger partial charge in [-0.1, -0.05) is 29.8 Å². The van der Waals surface area contributed by atoms with E-state index >= 15 is 0 Å². The SMILES string of the molecule is Cc1ccc(C(=O)NC[C@H](c2ccc(N(C)C)cc2)N(C)C)cc1. The third kappa shape index (κ3) is 4.59. The molecular formula is C20H27N3O. The highest BCUT2D eigenvalue weighted by Gasteiger charge is 2.16. The van der Waals surface area contributed by atoms with Crippen molar-refractivity contribution in [2.45, 2.75) is 13.0 Å². The van der Waals surface area contributed by atoms with Crippen molar-refractivity contribution >= 4 is 11.6 Å². The van der Waals surface area contributed by atoms with Gasteiger partial charge >= 0.3 is 0 Å². The summed E-state index contributed by atoms with van der Waals surface area (Å²) >= 11 is 0. The summed E-state index contributed by atoms with van der Waals surface area (Å²) in [6.45, 7) is 2.59. The number of carbonyl (C=O) groups is 1. The Morgan fingerprint density at radius 3 is 2.04 bits per heavy atom. The smallest absolute Gasteiger partial charge is 0.251 e. The molecule has 0 saturated carbocycles. The monoisotopic (exact) mass is 325 g/mol. The quantitative estimate of drug-likeness (QED) is 0.886. The minimum absolute atomic E-state index is 0.0354. The van der Waals surface area contributed by atoms with Crippen LogP contribution in [0.4, 0.5) is 5.69 Å². The van der Waals surface area contributed by atoms with Crippen LogP contribution in [0.15, 0.2) is 48.5 Å². The fourth-order valence-electron chi connectivity index (χ4n) is 2.59. The van der Waals surface area contributed by atoms with Crippen LogP contribution >= 0.6 is 0 Å². The molecule has 0 aliphatic carbocycles. The van der Waals surface area contributed by atoms with Gasteiger partial charge in [-0.05, 0) is 50.8 Å². The summed E-state index contributed by atoms with van der Waals surface area (Å²) in [7, 11) is 8.12. The number of nitrogens with one attached hydrogen (secondary N) is 1. The summed E-state index contributed by atoms with van der Waals surface area (Å²) in [5, 5.41) is 3.04. The van der Waals surface area contributed by atoms with Crippen LogP contribution in [0.5, 0.6) is 0 Å². The number of aryl methyl sites for hydroxylation is 1. The zero-order chi connectivity index (χ0) is 17.7. The highest BCUT2D eigenvalue weighted by molar-refractivity contribution is 5.94. The lowest BCUT2D eigenvalue weighted by atomic mass is 10.0. The van der Waals surface area contributed by atoms with E-state index < -0.39 is 0 Å². The van der Waals surface area contributed by atoms with Crippen LogP contribution in [0.1, 0.15) is 27.5 Å². The molecule has 0 fully saturated rings. The van der Waals surface area contributed by atoms with Crippen LogP contribution in [0.3, 0.4) is 0 Å². The Morgan fingerprint density at radius 1 is 0.958 bits per heavy atom. The van der Waals surface area contributed by atoms with E-state index in [0.29, 0.717) is 12.1 Å². The van der Waals surface area contributed by atoms with E-state index in [-0.39, 0.29) is 11.9 Å². The third-order valence-electron chi connectivity index (χ3n) is 4.19. The number of nitrogens with zero attached hydrogens (tertiary/aromatic N) is 2. The summed E-state index contributed by atoms with van der Waals surface area (Å²) in [5.74, 6) is -0.0354. The molecule has 2 rings (SSSR count). The molecule has 0 aromatic heterocycles. The molecule has 2 aromatic carbocycles. The van der Waals surface area contributed by atoms with Crippen molar-refractivity contribution in [2.75, 3.05) is 39.6 Å². The van der Waals surface area contributed by atoms with Gasteiger partial charge in [0.25, 0.3) is 5.91 Å². The Bertz CT molecular complexity index is 660. The summed E-state index contributed by atoms with van der Waals surface area (Å²) in [6.07, 6.45) is 0. The van der Waals surface area contributed by atoms with Gasteiger partial charge in [-0.15, -0.1) is 0 Å². The largest absolute Gasteiger partial charge is 0.378 e. The molecule has 0 spiro atoms. The van der Waals surface area contributed by atoms with Gasteiger partial charge in [0.15, 0.2) is 0 Å². The van der Waals surface area contributed by atoms with Crippen LogP contribution in [0.25, 0.3) is 0 Å². The lowest BCUT2D eigenvalue weighted by molar-refractivity contribution is 0.0942. The Labute approximate surface area is 145 Å². The number of rotatable bonds is 6. The van der Waals surface area contributed by atoms with Gasteiger partial charge in [0.1, 0.15) is 0 Å². The fourth-order valence-corrected chi connectivity index (χ4v) is 2.59. The molecule has 24 heavy (non-hydrogen) atoms. The van der Waals surface area contributed by atoms with Gasteiger partial charge in [0, 0.05) is 31.9 Å². The highest BCUT2D eigenvalue weighted by atomic mass is 16.1. The molecule has 0 aliphatic rings. The first-order valence-electron chi connectivity index (χ1n) is 8.17. The number of amides is 1. The van der Waals surface area contributed by atoms with E-state index in [2.05, 4.69) is 39.4 Å². The van der Waals surface area contributed by atoms with E-state index in [1.54, 1.807) is 0 Å². The molecule has 128 valence electrons. The summed E-state index contributed by atoms with van der Waals surface area (Å²) in [5.41, 5.74) is 4.20. The maximum Gasteiger partial charge on any atom is 0.251 e. The molecule has 1 atom stereocenters. The van der Waals surface area contributed by atoms with E-state index in [4.69, 9.17) is 0 Å². The van der Waals surface area contributed by atoms with Crippen LogP contribution in [0.2, 0.25) is 0 Å². The predicted octanol–water partition coefficient (Wildman–Crippen LogP) is 3.09. The molecule has 1 N–H and O–H groups in total. The first-order chi connectivity index (χ1) is 11.4. The third-order valence-corrected chi connectivity index (χ3v) is 4.19. The molecule has 4 nitrogen and oxygen atoms in total. The van der Waals surface area contributed by atoms with Gasteiger partial charge in [-0.25, -0.2) is 0 Å². The number of anilines is 1. The van der Waals surface area contributed by atoms with Gasteiger partial charge in [-0.2, -0.15) is 0 Å². The lowest BCUT2D eigenvalue weighted by Gasteiger charge is -2.26. The molecule has 0 saturated heterocycles. The fraction of sp³-hybridized carbons (Fsp3) is 0.350. The zero-order valence-corrected chi connectivity index (χ0v) is 15.2. The number of likely N-dealkylation sites (N-methyl/N-ethyl adjacent to an activating group) is 1.